The molecule has 0 amide bonds. The molecule has 0 aliphatic carbocycles. The van der Waals surface area contributed by atoms with E-state index in [1.807, 2.05) is 48.3 Å². The van der Waals surface area contributed by atoms with Crippen LogP contribution in [0.2, 0.25) is 0 Å². The largest absolute Gasteiger partial charge is 0.322 e. The van der Waals surface area contributed by atoms with E-state index in [9.17, 15) is 0 Å². The first-order valence-electron chi connectivity index (χ1n) is 8.65. The van der Waals surface area contributed by atoms with Crippen molar-refractivity contribution in [3.8, 4) is 11.5 Å². The quantitative estimate of drug-likeness (QED) is 0.537. The molecule has 0 N–H and O–H groups in total. The van der Waals surface area contributed by atoms with Crippen LogP contribution in [0.15, 0.2) is 73.6 Å². The van der Waals surface area contributed by atoms with Gasteiger partial charge >= 0.3 is 0 Å². The summed E-state index contributed by atoms with van der Waals surface area (Å²) in [6, 6.07) is 16.6. The minimum Gasteiger partial charge on any atom is -0.322 e. The summed E-state index contributed by atoms with van der Waals surface area (Å²) in [4.78, 5) is 13.3. The van der Waals surface area contributed by atoms with Crippen molar-refractivity contribution < 1.29 is 0 Å². The van der Waals surface area contributed by atoms with Crippen LogP contribution < -0.4 is 0 Å². The lowest BCUT2D eigenvalue weighted by atomic mass is 10.0. The Kier molecular flexibility index (Phi) is 4.55. The Bertz CT molecular complexity index is 959. The molecule has 0 radical (unpaired) electrons. The Morgan fingerprint density at radius 1 is 1.04 bits per heavy atom. The Balaban J connectivity index is 1.71. The molecule has 0 bridgehead atoms. The molecule has 3 aromatic heterocycles. The molecule has 0 aliphatic heterocycles. The molecule has 0 saturated heterocycles. The van der Waals surface area contributed by atoms with Gasteiger partial charge in [0.05, 0.1) is 6.04 Å². The van der Waals surface area contributed by atoms with Crippen LogP contribution >= 0.6 is 0 Å². The van der Waals surface area contributed by atoms with Crippen LogP contribution in [0.25, 0.3) is 11.5 Å². The zero-order valence-corrected chi connectivity index (χ0v) is 14.6. The second kappa shape index (κ2) is 7.31. The maximum atomic E-state index is 4.65. The predicted octanol–water partition coefficient (Wildman–Crippen LogP) is 3.52. The maximum absolute atomic E-state index is 4.65. The standard InChI is InChI=1S/C20H20N6/c1-16-6-5-9-18(24-16)20-22-11-13-26(20)19(17-7-3-2-4-8-17)10-12-25-15-21-14-23-25/h2-9,11,13-15,19H,10,12H2,1H3/t19-/m1/s1. The smallest absolute Gasteiger partial charge is 0.159 e. The van der Waals surface area contributed by atoms with Crippen LogP contribution in [0.4, 0.5) is 0 Å². The number of hydrogen-bond acceptors (Lipinski definition) is 4. The van der Waals surface area contributed by atoms with E-state index in [0.717, 1.165) is 30.2 Å². The van der Waals surface area contributed by atoms with Gasteiger partial charge in [-0.05, 0) is 31.0 Å². The molecule has 130 valence electrons. The molecule has 0 spiro atoms. The Labute approximate surface area is 152 Å². The first kappa shape index (κ1) is 16.2. The lowest BCUT2D eigenvalue weighted by Crippen LogP contribution is -2.15. The van der Waals surface area contributed by atoms with Crippen molar-refractivity contribution in [1.82, 2.24) is 29.3 Å². The highest BCUT2D eigenvalue weighted by molar-refractivity contribution is 5.50. The zero-order chi connectivity index (χ0) is 17.8. The van der Waals surface area contributed by atoms with E-state index in [1.54, 1.807) is 12.7 Å². The molecular formula is C20H20N6. The first-order valence-corrected chi connectivity index (χ1v) is 8.65. The van der Waals surface area contributed by atoms with Gasteiger partial charge in [-0.25, -0.2) is 15.0 Å². The van der Waals surface area contributed by atoms with Crippen molar-refractivity contribution in [1.29, 1.82) is 0 Å². The molecule has 6 heteroatoms. The highest BCUT2D eigenvalue weighted by atomic mass is 15.3. The van der Waals surface area contributed by atoms with E-state index in [0.29, 0.717) is 0 Å². The molecule has 4 rings (SSSR count). The van der Waals surface area contributed by atoms with E-state index in [-0.39, 0.29) is 6.04 Å². The normalized spacial score (nSPS) is 12.2. The van der Waals surface area contributed by atoms with Gasteiger partial charge in [-0.3, -0.25) is 4.68 Å². The number of aryl methyl sites for hydroxylation is 2. The van der Waals surface area contributed by atoms with Gasteiger partial charge in [0, 0.05) is 24.6 Å². The summed E-state index contributed by atoms with van der Waals surface area (Å²) in [7, 11) is 0. The van der Waals surface area contributed by atoms with Crippen LogP contribution in [0.3, 0.4) is 0 Å². The van der Waals surface area contributed by atoms with E-state index >= 15 is 0 Å². The number of nitrogens with zero attached hydrogens (tertiary/aromatic N) is 6. The average Bonchev–Trinajstić information content (AvgIpc) is 3.35. The molecule has 1 atom stereocenters. The summed E-state index contributed by atoms with van der Waals surface area (Å²) in [5.74, 6) is 0.876. The monoisotopic (exact) mass is 344 g/mol. The lowest BCUT2D eigenvalue weighted by Gasteiger charge is -2.21. The topological polar surface area (TPSA) is 61.4 Å². The van der Waals surface area contributed by atoms with Crippen molar-refractivity contribution in [2.45, 2.75) is 25.9 Å². The molecule has 0 aliphatic rings. The summed E-state index contributed by atoms with van der Waals surface area (Å²) in [5, 5.41) is 4.22. The second-order valence-corrected chi connectivity index (χ2v) is 6.20. The molecule has 1 aromatic carbocycles. The van der Waals surface area contributed by atoms with E-state index in [2.05, 4.69) is 48.9 Å². The molecule has 0 unspecified atom stereocenters. The molecule has 0 fully saturated rings. The number of rotatable bonds is 6. The van der Waals surface area contributed by atoms with Crippen LogP contribution in [0.5, 0.6) is 0 Å². The van der Waals surface area contributed by atoms with E-state index in [4.69, 9.17) is 0 Å². The minimum absolute atomic E-state index is 0.139. The molecule has 26 heavy (non-hydrogen) atoms. The van der Waals surface area contributed by atoms with Crippen LogP contribution in [-0.4, -0.2) is 29.3 Å². The van der Waals surface area contributed by atoms with E-state index < -0.39 is 0 Å². The van der Waals surface area contributed by atoms with Gasteiger partial charge in [-0.1, -0.05) is 36.4 Å². The Hall–Kier alpha value is -3.28. The molecule has 0 saturated carbocycles. The second-order valence-electron chi connectivity index (χ2n) is 6.20. The number of benzene rings is 1. The molecule has 3 heterocycles. The van der Waals surface area contributed by atoms with Crippen LogP contribution in [0.1, 0.15) is 23.7 Å². The van der Waals surface area contributed by atoms with Gasteiger partial charge in [0.2, 0.25) is 0 Å². The average molecular weight is 344 g/mol. The number of hydrogen-bond donors (Lipinski definition) is 0. The van der Waals surface area contributed by atoms with Crippen molar-refractivity contribution >= 4 is 0 Å². The van der Waals surface area contributed by atoms with Crippen molar-refractivity contribution in [3.63, 3.8) is 0 Å². The fraction of sp³-hybridized carbons (Fsp3) is 0.200. The number of aromatic nitrogens is 6. The number of pyridine rings is 1. The van der Waals surface area contributed by atoms with Crippen molar-refractivity contribution in [3.05, 3.63) is 84.8 Å². The minimum atomic E-state index is 0.139. The third-order valence-electron chi connectivity index (χ3n) is 4.40. The lowest BCUT2D eigenvalue weighted by molar-refractivity contribution is 0.471. The summed E-state index contributed by atoms with van der Waals surface area (Å²) in [6.45, 7) is 2.77. The Morgan fingerprint density at radius 2 is 1.92 bits per heavy atom. The van der Waals surface area contributed by atoms with Gasteiger partial charge in [0.15, 0.2) is 5.82 Å². The van der Waals surface area contributed by atoms with Gasteiger partial charge < -0.3 is 4.57 Å². The van der Waals surface area contributed by atoms with E-state index in [1.165, 1.54) is 5.56 Å². The van der Waals surface area contributed by atoms with Gasteiger partial charge in [0.25, 0.3) is 0 Å². The van der Waals surface area contributed by atoms with Gasteiger partial charge in [0.1, 0.15) is 18.3 Å². The summed E-state index contributed by atoms with van der Waals surface area (Å²) in [5.41, 5.74) is 3.10. The Morgan fingerprint density at radius 3 is 2.69 bits per heavy atom. The highest BCUT2D eigenvalue weighted by Crippen LogP contribution is 2.28. The van der Waals surface area contributed by atoms with Crippen LogP contribution in [0, 0.1) is 6.92 Å². The summed E-state index contributed by atoms with van der Waals surface area (Å²) in [6.07, 6.45) is 8.06. The van der Waals surface area contributed by atoms with Gasteiger partial charge in [-0.2, -0.15) is 5.10 Å². The fourth-order valence-corrected chi connectivity index (χ4v) is 3.17. The third-order valence-corrected chi connectivity index (χ3v) is 4.40. The maximum Gasteiger partial charge on any atom is 0.159 e. The third kappa shape index (κ3) is 3.39. The highest BCUT2D eigenvalue weighted by Gasteiger charge is 2.18. The summed E-state index contributed by atoms with van der Waals surface area (Å²) >= 11 is 0. The molecule has 4 aromatic rings. The number of imidazole rings is 1. The SMILES string of the molecule is Cc1cccc(-c2nccn2[C@H](CCn2cncn2)c2ccccc2)n1. The molecule has 6 nitrogen and oxygen atoms in total. The van der Waals surface area contributed by atoms with Crippen molar-refractivity contribution in [2.24, 2.45) is 0 Å². The predicted molar refractivity (Wildman–Crippen MR) is 99.4 cm³/mol. The van der Waals surface area contributed by atoms with Crippen LogP contribution in [-0.2, 0) is 6.54 Å². The first-order chi connectivity index (χ1) is 12.8. The summed E-state index contributed by atoms with van der Waals surface area (Å²) < 4.78 is 4.06. The van der Waals surface area contributed by atoms with Gasteiger partial charge in [-0.15, -0.1) is 0 Å². The fourth-order valence-electron chi connectivity index (χ4n) is 3.17. The zero-order valence-electron chi connectivity index (χ0n) is 14.6. The molecular weight excluding hydrogens is 324 g/mol. The van der Waals surface area contributed by atoms with Crippen molar-refractivity contribution in [2.75, 3.05) is 0 Å².